The lowest BCUT2D eigenvalue weighted by Crippen LogP contribution is -2.08. The normalized spacial score (nSPS) is 11.4. The molecule has 0 saturated carbocycles. The van der Waals surface area contributed by atoms with Gasteiger partial charge in [-0.25, -0.2) is 9.78 Å². The summed E-state index contributed by atoms with van der Waals surface area (Å²) in [6, 6.07) is 5.43. The minimum Gasteiger partial charge on any atom is -0.478 e. The third kappa shape index (κ3) is 4.57. The number of thioether (sulfide) groups is 1. The van der Waals surface area contributed by atoms with Gasteiger partial charge in [-0.15, -0.1) is 11.3 Å². The molecule has 0 unspecified atom stereocenters. The van der Waals surface area contributed by atoms with Gasteiger partial charge in [-0.2, -0.15) is 0 Å². The molecule has 21 heavy (non-hydrogen) atoms. The Balaban J connectivity index is 2.15. The Morgan fingerprint density at radius 1 is 1.38 bits per heavy atom. The molecule has 0 spiro atoms. The third-order valence-corrected chi connectivity index (χ3v) is 4.47. The van der Waals surface area contributed by atoms with Crippen molar-refractivity contribution in [1.29, 1.82) is 0 Å². The Morgan fingerprint density at radius 2 is 2.14 bits per heavy atom. The Morgan fingerprint density at radius 3 is 2.81 bits per heavy atom. The lowest BCUT2D eigenvalue weighted by atomic mass is 10.3. The van der Waals surface area contributed by atoms with Crippen molar-refractivity contribution in [2.24, 2.45) is 0 Å². The lowest BCUT2D eigenvalue weighted by molar-refractivity contribution is -0.131. The Labute approximate surface area is 130 Å². The number of hydrogen-bond acceptors (Lipinski definition) is 5. The highest BCUT2D eigenvalue weighted by molar-refractivity contribution is 8.01. The number of fused-ring (bicyclic) bond motifs is 1. The largest absolute Gasteiger partial charge is 0.478 e. The molecule has 2 rings (SSSR count). The molecule has 7 heteroatoms. The number of carbonyl (C=O) groups excluding carboxylic acids is 1. The van der Waals surface area contributed by atoms with Gasteiger partial charge in [0, 0.05) is 23.1 Å². The van der Waals surface area contributed by atoms with E-state index in [0.717, 1.165) is 26.7 Å². The second kappa shape index (κ2) is 6.73. The number of aromatic nitrogens is 1. The standard InChI is InChI=1S/C14H14N2O3S2/c1-8(2)20-14-16-10-4-3-9(7-11(10)21-14)15-12(17)5-6-13(18)19/h3-8H,1-2H3,(H,15,17)(H,18,19)/b6-5+. The van der Waals surface area contributed by atoms with Gasteiger partial charge in [0.25, 0.3) is 0 Å². The number of rotatable bonds is 5. The summed E-state index contributed by atoms with van der Waals surface area (Å²) in [6.45, 7) is 4.22. The lowest BCUT2D eigenvalue weighted by Gasteiger charge is -2.00. The second-order valence-electron chi connectivity index (χ2n) is 4.49. The zero-order valence-electron chi connectivity index (χ0n) is 11.5. The van der Waals surface area contributed by atoms with Gasteiger partial charge in [-0.05, 0) is 18.2 Å². The number of amides is 1. The number of benzene rings is 1. The number of anilines is 1. The smallest absolute Gasteiger partial charge is 0.328 e. The van der Waals surface area contributed by atoms with E-state index in [0.29, 0.717) is 10.9 Å². The first-order valence-corrected chi connectivity index (χ1v) is 7.93. The van der Waals surface area contributed by atoms with E-state index in [2.05, 4.69) is 24.1 Å². The summed E-state index contributed by atoms with van der Waals surface area (Å²) in [5.74, 6) is -1.63. The molecule has 110 valence electrons. The predicted molar refractivity (Wildman–Crippen MR) is 86.0 cm³/mol. The Bertz CT molecular complexity index is 707. The number of thiazole rings is 1. The molecule has 0 radical (unpaired) electrons. The maximum Gasteiger partial charge on any atom is 0.328 e. The summed E-state index contributed by atoms with van der Waals surface area (Å²) in [5, 5.41) is 11.6. The summed E-state index contributed by atoms with van der Waals surface area (Å²) in [5.41, 5.74) is 1.51. The number of nitrogens with one attached hydrogen (secondary N) is 1. The SMILES string of the molecule is CC(C)Sc1nc2ccc(NC(=O)/C=C/C(=O)O)cc2s1. The molecule has 1 aromatic carbocycles. The predicted octanol–water partition coefficient (Wildman–Crippen LogP) is 3.38. The minimum absolute atomic E-state index is 0.464. The first kappa shape index (κ1) is 15.5. The third-order valence-electron chi connectivity index (χ3n) is 2.35. The minimum atomic E-state index is -1.15. The van der Waals surface area contributed by atoms with Crippen LogP contribution in [0.3, 0.4) is 0 Å². The first-order valence-electron chi connectivity index (χ1n) is 6.23. The molecule has 1 aromatic heterocycles. The zero-order valence-corrected chi connectivity index (χ0v) is 13.1. The van der Waals surface area contributed by atoms with E-state index >= 15 is 0 Å². The van der Waals surface area contributed by atoms with Crippen molar-refractivity contribution in [3.05, 3.63) is 30.4 Å². The van der Waals surface area contributed by atoms with Crippen LogP contribution in [0.5, 0.6) is 0 Å². The fraction of sp³-hybridized carbons (Fsp3) is 0.214. The van der Waals surface area contributed by atoms with Crippen molar-refractivity contribution in [3.8, 4) is 0 Å². The van der Waals surface area contributed by atoms with Crippen LogP contribution in [0.4, 0.5) is 5.69 Å². The summed E-state index contributed by atoms with van der Waals surface area (Å²) < 4.78 is 1.98. The van der Waals surface area contributed by atoms with Gasteiger partial charge in [0.1, 0.15) is 0 Å². The molecule has 2 N–H and O–H groups in total. The van der Waals surface area contributed by atoms with E-state index in [4.69, 9.17) is 5.11 Å². The van der Waals surface area contributed by atoms with Crippen LogP contribution in [0.15, 0.2) is 34.7 Å². The highest BCUT2D eigenvalue weighted by Gasteiger charge is 2.08. The van der Waals surface area contributed by atoms with Crippen LogP contribution in [-0.4, -0.2) is 27.2 Å². The number of nitrogens with zero attached hydrogens (tertiary/aromatic N) is 1. The van der Waals surface area contributed by atoms with Crippen molar-refractivity contribution < 1.29 is 14.7 Å². The molecule has 5 nitrogen and oxygen atoms in total. The highest BCUT2D eigenvalue weighted by atomic mass is 32.2. The fourth-order valence-electron chi connectivity index (χ4n) is 1.56. The molecule has 1 amide bonds. The molecule has 0 aliphatic heterocycles. The molecule has 0 fully saturated rings. The number of carboxylic acids is 1. The first-order chi connectivity index (χ1) is 9.94. The molecule has 0 aliphatic carbocycles. The van der Waals surface area contributed by atoms with Gasteiger partial charge >= 0.3 is 5.97 Å². The van der Waals surface area contributed by atoms with Crippen LogP contribution in [0.1, 0.15) is 13.8 Å². The topological polar surface area (TPSA) is 79.3 Å². The summed E-state index contributed by atoms with van der Waals surface area (Å²) >= 11 is 3.27. The van der Waals surface area contributed by atoms with Crippen LogP contribution in [0.2, 0.25) is 0 Å². The molecule has 0 atom stereocenters. The average Bonchev–Trinajstić information content (AvgIpc) is 2.76. The van der Waals surface area contributed by atoms with E-state index < -0.39 is 11.9 Å². The van der Waals surface area contributed by atoms with E-state index in [-0.39, 0.29) is 0 Å². The van der Waals surface area contributed by atoms with E-state index in [9.17, 15) is 9.59 Å². The monoisotopic (exact) mass is 322 g/mol. The van der Waals surface area contributed by atoms with E-state index in [1.807, 2.05) is 12.1 Å². The number of carbonyl (C=O) groups is 2. The molecule has 1 heterocycles. The van der Waals surface area contributed by atoms with Gasteiger partial charge < -0.3 is 10.4 Å². The summed E-state index contributed by atoms with van der Waals surface area (Å²) in [6.07, 6.45) is 1.79. The Hall–Kier alpha value is -1.86. The van der Waals surface area contributed by atoms with Crippen molar-refractivity contribution >= 4 is 50.9 Å². The van der Waals surface area contributed by atoms with Crippen molar-refractivity contribution in [2.75, 3.05) is 5.32 Å². The van der Waals surface area contributed by atoms with Gasteiger partial charge in [0.05, 0.1) is 10.2 Å². The van der Waals surface area contributed by atoms with Gasteiger partial charge in [-0.3, -0.25) is 4.79 Å². The highest BCUT2D eigenvalue weighted by Crippen LogP contribution is 2.33. The maximum atomic E-state index is 11.5. The van der Waals surface area contributed by atoms with Crippen LogP contribution < -0.4 is 5.32 Å². The van der Waals surface area contributed by atoms with Gasteiger partial charge in [-0.1, -0.05) is 25.6 Å². The van der Waals surface area contributed by atoms with Crippen molar-refractivity contribution in [1.82, 2.24) is 4.98 Å². The Kier molecular flexibility index (Phi) is 4.98. The van der Waals surface area contributed by atoms with E-state index in [1.54, 1.807) is 29.2 Å². The fourth-order valence-corrected chi connectivity index (χ4v) is 3.89. The number of hydrogen-bond donors (Lipinski definition) is 2. The molecule has 0 saturated heterocycles. The average molecular weight is 322 g/mol. The van der Waals surface area contributed by atoms with Crippen molar-refractivity contribution in [2.45, 2.75) is 23.4 Å². The number of carboxylic acid groups (broad SMARTS) is 1. The van der Waals surface area contributed by atoms with Crippen LogP contribution in [0.25, 0.3) is 10.2 Å². The van der Waals surface area contributed by atoms with Crippen LogP contribution in [-0.2, 0) is 9.59 Å². The zero-order chi connectivity index (χ0) is 15.4. The summed E-state index contributed by atoms with van der Waals surface area (Å²) in [7, 11) is 0. The quantitative estimate of drug-likeness (QED) is 0.651. The second-order valence-corrected chi connectivity index (χ2v) is 7.34. The van der Waals surface area contributed by atoms with Crippen LogP contribution in [0, 0.1) is 0 Å². The van der Waals surface area contributed by atoms with E-state index in [1.165, 1.54) is 0 Å². The molecule has 0 aliphatic rings. The molecule has 0 bridgehead atoms. The van der Waals surface area contributed by atoms with Gasteiger partial charge in [0.2, 0.25) is 5.91 Å². The molecular weight excluding hydrogens is 308 g/mol. The van der Waals surface area contributed by atoms with Crippen molar-refractivity contribution in [3.63, 3.8) is 0 Å². The van der Waals surface area contributed by atoms with Gasteiger partial charge in [0.15, 0.2) is 4.34 Å². The summed E-state index contributed by atoms with van der Waals surface area (Å²) in [4.78, 5) is 26.4. The van der Waals surface area contributed by atoms with Crippen LogP contribution >= 0.6 is 23.1 Å². The maximum absolute atomic E-state index is 11.5. The molecule has 2 aromatic rings. The molecular formula is C14H14N2O3S2. The number of aliphatic carboxylic acids is 1.